The molecule has 0 saturated carbocycles. The fraction of sp³-hybridized carbons (Fsp3) is 0.462. The Balaban J connectivity index is 1.46. The molecule has 3 rings (SSSR count). The molecule has 2 aromatic rings. The predicted octanol–water partition coefficient (Wildman–Crippen LogP) is 3.67. The van der Waals surface area contributed by atoms with Crippen LogP contribution in [-0.2, 0) is 11.2 Å². The number of amides is 2. The van der Waals surface area contributed by atoms with E-state index < -0.39 is 0 Å². The number of hydrogen-bond donors (Lipinski definition) is 1. The molecule has 2 aromatic carbocycles. The summed E-state index contributed by atoms with van der Waals surface area (Å²) in [5.74, 6) is 0.194. The van der Waals surface area contributed by atoms with Crippen molar-refractivity contribution in [2.45, 2.75) is 45.6 Å². The van der Waals surface area contributed by atoms with Gasteiger partial charge in [0.15, 0.2) is 0 Å². The predicted molar refractivity (Wildman–Crippen MR) is 125 cm³/mol. The number of carbonyl (C=O) groups is 2. The molecule has 2 amide bonds. The maximum Gasteiger partial charge on any atom is 0.253 e. The highest BCUT2D eigenvalue weighted by molar-refractivity contribution is 5.94. The van der Waals surface area contributed by atoms with Crippen LogP contribution < -0.4 is 5.32 Å². The summed E-state index contributed by atoms with van der Waals surface area (Å²) < 4.78 is 0. The first-order chi connectivity index (χ1) is 15.1. The van der Waals surface area contributed by atoms with Gasteiger partial charge in [-0.25, -0.2) is 0 Å². The van der Waals surface area contributed by atoms with Gasteiger partial charge < -0.3 is 10.2 Å². The lowest BCUT2D eigenvalue weighted by Gasteiger charge is -2.38. The molecule has 5 nitrogen and oxygen atoms in total. The van der Waals surface area contributed by atoms with E-state index >= 15 is 0 Å². The number of likely N-dealkylation sites (tertiary alicyclic amines) is 1. The van der Waals surface area contributed by atoms with Crippen LogP contribution >= 0.6 is 0 Å². The second-order valence-corrected chi connectivity index (χ2v) is 8.39. The van der Waals surface area contributed by atoms with E-state index in [1.807, 2.05) is 47.4 Å². The van der Waals surface area contributed by atoms with Gasteiger partial charge in [-0.1, -0.05) is 49.4 Å². The summed E-state index contributed by atoms with van der Waals surface area (Å²) >= 11 is 0. The van der Waals surface area contributed by atoms with Crippen LogP contribution in [0.3, 0.4) is 0 Å². The van der Waals surface area contributed by atoms with Crippen LogP contribution in [0.5, 0.6) is 0 Å². The summed E-state index contributed by atoms with van der Waals surface area (Å²) in [7, 11) is 0. The summed E-state index contributed by atoms with van der Waals surface area (Å²) in [6.07, 6.45) is 3.69. The fourth-order valence-corrected chi connectivity index (χ4v) is 4.34. The van der Waals surface area contributed by atoms with Gasteiger partial charge in [0.25, 0.3) is 5.91 Å². The van der Waals surface area contributed by atoms with Crippen LogP contribution in [0, 0.1) is 6.92 Å². The second-order valence-electron chi connectivity index (χ2n) is 8.39. The molecule has 0 radical (unpaired) electrons. The fourth-order valence-electron chi connectivity index (χ4n) is 4.34. The normalized spacial score (nSPS) is 14.6. The molecule has 0 unspecified atom stereocenters. The molecule has 1 fully saturated rings. The van der Waals surface area contributed by atoms with Crippen molar-refractivity contribution in [2.24, 2.45) is 0 Å². The molecule has 1 N–H and O–H groups in total. The Hall–Kier alpha value is -2.66. The number of carbonyl (C=O) groups excluding carboxylic acids is 2. The number of hydrogen-bond acceptors (Lipinski definition) is 3. The standard InChI is InChI=1S/C26H35N3O2/c1-3-17-29(20-25(30)27-16-13-22-10-8-7-9-21(22)2)24-14-18-28(19-15-24)26(31)23-11-5-4-6-12-23/h4-12,24H,3,13-20H2,1-2H3,(H,27,30). The number of piperidine rings is 1. The number of benzene rings is 2. The molecule has 1 aliphatic heterocycles. The van der Waals surface area contributed by atoms with Crippen LogP contribution in [0.15, 0.2) is 54.6 Å². The van der Waals surface area contributed by atoms with Gasteiger partial charge in [0.1, 0.15) is 0 Å². The average Bonchev–Trinajstić information content (AvgIpc) is 2.80. The second kappa shape index (κ2) is 11.7. The Morgan fingerprint density at radius 3 is 2.39 bits per heavy atom. The molecule has 0 aromatic heterocycles. The Kier molecular flexibility index (Phi) is 8.65. The van der Waals surface area contributed by atoms with Gasteiger partial charge in [0.05, 0.1) is 6.54 Å². The van der Waals surface area contributed by atoms with E-state index in [1.54, 1.807) is 0 Å². The zero-order valence-electron chi connectivity index (χ0n) is 18.8. The lowest BCUT2D eigenvalue weighted by atomic mass is 10.0. The lowest BCUT2D eigenvalue weighted by Crippen LogP contribution is -2.49. The Morgan fingerprint density at radius 2 is 1.71 bits per heavy atom. The third kappa shape index (κ3) is 6.66. The molecule has 0 aliphatic carbocycles. The van der Waals surface area contributed by atoms with Gasteiger partial charge in [0.2, 0.25) is 5.91 Å². The SMILES string of the molecule is CCCN(CC(=O)NCCc1ccccc1C)C1CCN(C(=O)c2ccccc2)CC1. The van der Waals surface area contributed by atoms with E-state index in [9.17, 15) is 9.59 Å². The molecule has 1 aliphatic rings. The first-order valence-corrected chi connectivity index (χ1v) is 11.5. The summed E-state index contributed by atoms with van der Waals surface area (Å²) in [5, 5.41) is 3.09. The smallest absolute Gasteiger partial charge is 0.253 e. The van der Waals surface area contributed by atoms with Gasteiger partial charge in [-0.05, 0) is 62.4 Å². The molecular weight excluding hydrogens is 386 g/mol. The largest absolute Gasteiger partial charge is 0.355 e. The van der Waals surface area contributed by atoms with Crippen molar-refractivity contribution in [3.63, 3.8) is 0 Å². The number of nitrogens with one attached hydrogen (secondary N) is 1. The van der Waals surface area contributed by atoms with E-state index in [-0.39, 0.29) is 11.8 Å². The molecule has 5 heteroatoms. The molecular formula is C26H35N3O2. The minimum atomic E-state index is 0.0878. The van der Waals surface area contributed by atoms with E-state index in [0.29, 0.717) is 19.1 Å². The highest BCUT2D eigenvalue weighted by Gasteiger charge is 2.28. The molecule has 1 saturated heterocycles. The van der Waals surface area contributed by atoms with E-state index in [4.69, 9.17) is 0 Å². The maximum atomic E-state index is 12.7. The zero-order chi connectivity index (χ0) is 22.1. The summed E-state index contributed by atoms with van der Waals surface area (Å²) in [6.45, 7) is 7.74. The third-order valence-corrected chi connectivity index (χ3v) is 6.12. The maximum absolute atomic E-state index is 12.7. The van der Waals surface area contributed by atoms with Crippen molar-refractivity contribution in [3.8, 4) is 0 Å². The van der Waals surface area contributed by atoms with Crippen molar-refractivity contribution in [3.05, 3.63) is 71.3 Å². The van der Waals surface area contributed by atoms with Gasteiger partial charge >= 0.3 is 0 Å². The first kappa shape index (κ1) is 23.0. The van der Waals surface area contributed by atoms with Crippen LogP contribution in [0.4, 0.5) is 0 Å². The molecule has 0 atom stereocenters. The zero-order valence-corrected chi connectivity index (χ0v) is 18.8. The molecule has 31 heavy (non-hydrogen) atoms. The molecule has 0 bridgehead atoms. The van der Waals surface area contributed by atoms with Crippen molar-refractivity contribution < 1.29 is 9.59 Å². The van der Waals surface area contributed by atoms with Crippen LogP contribution in [0.1, 0.15) is 47.7 Å². The lowest BCUT2D eigenvalue weighted by molar-refractivity contribution is -0.123. The third-order valence-electron chi connectivity index (χ3n) is 6.12. The highest BCUT2D eigenvalue weighted by Crippen LogP contribution is 2.19. The quantitative estimate of drug-likeness (QED) is 0.672. The number of aryl methyl sites for hydroxylation is 1. The average molecular weight is 422 g/mol. The summed E-state index contributed by atoms with van der Waals surface area (Å²) in [5.41, 5.74) is 3.30. The minimum Gasteiger partial charge on any atom is -0.355 e. The summed E-state index contributed by atoms with van der Waals surface area (Å²) in [6, 6.07) is 18.1. The molecule has 1 heterocycles. The monoisotopic (exact) mass is 421 g/mol. The van der Waals surface area contributed by atoms with Crippen molar-refractivity contribution in [1.82, 2.24) is 15.1 Å². The van der Waals surface area contributed by atoms with Crippen molar-refractivity contribution in [2.75, 3.05) is 32.7 Å². The Labute approximate surface area is 186 Å². The van der Waals surface area contributed by atoms with Crippen molar-refractivity contribution >= 4 is 11.8 Å². The van der Waals surface area contributed by atoms with E-state index in [1.165, 1.54) is 11.1 Å². The topological polar surface area (TPSA) is 52.7 Å². The highest BCUT2D eigenvalue weighted by atomic mass is 16.2. The van der Waals surface area contributed by atoms with Crippen LogP contribution in [0.25, 0.3) is 0 Å². The first-order valence-electron chi connectivity index (χ1n) is 11.5. The Morgan fingerprint density at radius 1 is 1.03 bits per heavy atom. The van der Waals surface area contributed by atoms with Crippen LogP contribution in [-0.4, -0.2) is 60.4 Å². The van der Waals surface area contributed by atoms with Gasteiger partial charge in [-0.2, -0.15) is 0 Å². The van der Waals surface area contributed by atoms with Gasteiger partial charge in [-0.3, -0.25) is 14.5 Å². The minimum absolute atomic E-state index is 0.0878. The van der Waals surface area contributed by atoms with Crippen molar-refractivity contribution in [1.29, 1.82) is 0 Å². The van der Waals surface area contributed by atoms with Gasteiger partial charge in [-0.15, -0.1) is 0 Å². The van der Waals surface area contributed by atoms with E-state index in [0.717, 1.165) is 50.9 Å². The van der Waals surface area contributed by atoms with E-state index in [2.05, 4.69) is 36.2 Å². The molecule has 0 spiro atoms. The van der Waals surface area contributed by atoms with Gasteiger partial charge in [0, 0.05) is 31.2 Å². The Bertz CT molecular complexity index is 845. The number of nitrogens with zero attached hydrogens (tertiary/aromatic N) is 2. The number of rotatable bonds is 9. The molecule has 166 valence electrons. The van der Waals surface area contributed by atoms with Crippen LogP contribution in [0.2, 0.25) is 0 Å². The summed E-state index contributed by atoms with van der Waals surface area (Å²) in [4.78, 5) is 29.5.